The quantitative estimate of drug-likeness (QED) is 0.465. The van der Waals surface area contributed by atoms with E-state index in [0.717, 1.165) is 25.7 Å². The van der Waals surface area contributed by atoms with Gasteiger partial charge in [0, 0.05) is 26.1 Å². The van der Waals surface area contributed by atoms with Crippen LogP contribution in [0.4, 0.5) is 5.69 Å². The molecule has 9 nitrogen and oxygen atoms in total. The molecule has 2 atom stereocenters. The minimum atomic E-state index is -3.70. The lowest BCUT2D eigenvalue weighted by molar-refractivity contribution is -0.140. The molecular weight excluding hydrogens is 458 g/mol. The summed E-state index contributed by atoms with van der Waals surface area (Å²) in [6.45, 7) is 0.946. The Kier molecular flexibility index (Phi) is 7.37. The van der Waals surface area contributed by atoms with Crippen molar-refractivity contribution in [1.29, 1.82) is 0 Å². The molecule has 1 N–H and O–H groups in total. The zero-order valence-corrected chi connectivity index (χ0v) is 20.2. The number of anilines is 1. The van der Waals surface area contributed by atoms with Crippen LogP contribution in [-0.4, -0.2) is 62.1 Å². The van der Waals surface area contributed by atoms with Crippen LogP contribution in [0.3, 0.4) is 0 Å². The number of imide groups is 1. The van der Waals surface area contributed by atoms with Crippen molar-refractivity contribution in [2.45, 2.75) is 49.8 Å². The third-order valence-electron chi connectivity index (χ3n) is 6.81. The number of carbonyl (C=O) groups is 3. The maximum Gasteiger partial charge on any atom is 0.243 e. The summed E-state index contributed by atoms with van der Waals surface area (Å²) in [5, 5.41) is 2.70. The molecule has 0 saturated carbocycles. The molecule has 2 aliphatic heterocycles. The third kappa shape index (κ3) is 4.88. The highest BCUT2D eigenvalue weighted by molar-refractivity contribution is 7.89. The Morgan fingerprint density at radius 2 is 1.65 bits per heavy atom. The number of hydrogen-bond acceptors (Lipinski definition) is 6. The number of sulfonamides is 1. The van der Waals surface area contributed by atoms with Crippen LogP contribution in [0.2, 0.25) is 0 Å². The van der Waals surface area contributed by atoms with Gasteiger partial charge in [-0.25, -0.2) is 8.42 Å². The van der Waals surface area contributed by atoms with E-state index < -0.39 is 15.9 Å². The minimum absolute atomic E-state index is 0.00934. The molecule has 1 aromatic rings. The number of benzene rings is 1. The number of ether oxygens (including phenoxy) is 1. The van der Waals surface area contributed by atoms with E-state index in [1.54, 1.807) is 0 Å². The molecule has 0 bridgehead atoms. The van der Waals surface area contributed by atoms with Gasteiger partial charge < -0.3 is 10.1 Å². The summed E-state index contributed by atoms with van der Waals surface area (Å²) in [7, 11) is -2.26. The SMILES string of the molecule is COc1ccc(S(=O)(=O)N2CCCCCC2)cc1NC(=O)CCN1C(=O)[C@H]2CC=CC[C@@H]2C1=O. The summed E-state index contributed by atoms with van der Waals surface area (Å²) in [4.78, 5) is 39.2. The van der Waals surface area contributed by atoms with Crippen molar-refractivity contribution < 1.29 is 27.5 Å². The largest absolute Gasteiger partial charge is 0.495 e. The Balaban J connectivity index is 1.44. The van der Waals surface area contributed by atoms with Crippen LogP contribution in [0.25, 0.3) is 0 Å². The summed E-state index contributed by atoms with van der Waals surface area (Å²) in [5.41, 5.74) is 0.236. The van der Waals surface area contributed by atoms with E-state index in [9.17, 15) is 22.8 Å². The highest BCUT2D eigenvalue weighted by Crippen LogP contribution is 2.35. The average Bonchev–Trinajstić information content (AvgIpc) is 3.01. The Morgan fingerprint density at radius 1 is 1.03 bits per heavy atom. The number of nitrogens with one attached hydrogen (secondary N) is 1. The van der Waals surface area contributed by atoms with Gasteiger partial charge in [0.05, 0.1) is 29.5 Å². The predicted molar refractivity (Wildman–Crippen MR) is 126 cm³/mol. The van der Waals surface area contributed by atoms with Gasteiger partial charge in [-0.3, -0.25) is 19.3 Å². The second kappa shape index (κ2) is 10.3. The third-order valence-corrected chi connectivity index (χ3v) is 8.70. The molecular formula is C24H31N3O6S. The molecule has 3 aliphatic rings. The fraction of sp³-hybridized carbons (Fsp3) is 0.542. The first-order valence-corrected chi connectivity index (χ1v) is 13.2. The first-order valence-electron chi connectivity index (χ1n) is 11.8. The summed E-state index contributed by atoms with van der Waals surface area (Å²) >= 11 is 0. The highest BCUT2D eigenvalue weighted by atomic mass is 32.2. The lowest BCUT2D eigenvalue weighted by Crippen LogP contribution is -2.34. The monoisotopic (exact) mass is 489 g/mol. The number of amides is 3. The van der Waals surface area contributed by atoms with Crippen LogP contribution in [0.5, 0.6) is 5.75 Å². The zero-order valence-electron chi connectivity index (χ0n) is 19.4. The van der Waals surface area contributed by atoms with Crippen molar-refractivity contribution in [3.63, 3.8) is 0 Å². The van der Waals surface area contributed by atoms with E-state index in [1.165, 1.54) is 34.5 Å². The molecule has 2 fully saturated rings. The Hall–Kier alpha value is -2.72. The summed E-state index contributed by atoms with van der Waals surface area (Å²) in [6.07, 6.45) is 8.52. The maximum absolute atomic E-state index is 13.2. The summed E-state index contributed by atoms with van der Waals surface area (Å²) in [6, 6.07) is 4.40. The Morgan fingerprint density at radius 3 is 2.24 bits per heavy atom. The summed E-state index contributed by atoms with van der Waals surface area (Å²) in [5.74, 6) is -1.22. The smallest absolute Gasteiger partial charge is 0.243 e. The number of allylic oxidation sites excluding steroid dienone is 2. The van der Waals surface area contributed by atoms with E-state index in [4.69, 9.17) is 4.74 Å². The Labute approximate surface area is 200 Å². The number of carbonyl (C=O) groups excluding carboxylic acids is 3. The van der Waals surface area contributed by atoms with Crippen LogP contribution in [-0.2, 0) is 24.4 Å². The van der Waals surface area contributed by atoms with E-state index in [-0.39, 0.29) is 47.2 Å². The van der Waals surface area contributed by atoms with Crippen molar-refractivity contribution in [2.24, 2.45) is 11.8 Å². The van der Waals surface area contributed by atoms with Crippen molar-refractivity contribution >= 4 is 33.4 Å². The highest BCUT2D eigenvalue weighted by Gasteiger charge is 2.46. The lowest BCUT2D eigenvalue weighted by Gasteiger charge is -2.21. The second-order valence-corrected chi connectivity index (χ2v) is 10.9. The fourth-order valence-electron chi connectivity index (χ4n) is 4.89. The predicted octanol–water partition coefficient (Wildman–Crippen LogP) is 2.54. The van der Waals surface area contributed by atoms with Gasteiger partial charge in [0.15, 0.2) is 0 Å². The molecule has 3 amide bonds. The van der Waals surface area contributed by atoms with E-state index in [2.05, 4.69) is 5.32 Å². The normalized spacial score (nSPS) is 23.5. The molecule has 2 saturated heterocycles. The maximum atomic E-state index is 13.2. The van der Waals surface area contributed by atoms with Gasteiger partial charge in [0.25, 0.3) is 0 Å². The topological polar surface area (TPSA) is 113 Å². The molecule has 0 radical (unpaired) electrons. The number of nitrogens with zero attached hydrogens (tertiary/aromatic N) is 2. The van der Waals surface area contributed by atoms with Crippen molar-refractivity contribution in [3.05, 3.63) is 30.4 Å². The van der Waals surface area contributed by atoms with Crippen molar-refractivity contribution in [2.75, 3.05) is 32.1 Å². The van der Waals surface area contributed by atoms with Gasteiger partial charge in [-0.05, 0) is 43.9 Å². The van der Waals surface area contributed by atoms with Gasteiger partial charge in [-0.15, -0.1) is 0 Å². The number of fused-ring (bicyclic) bond motifs is 1. The molecule has 1 aliphatic carbocycles. The Bertz CT molecular complexity index is 1070. The van der Waals surface area contributed by atoms with Gasteiger partial charge in [0.2, 0.25) is 27.7 Å². The summed E-state index contributed by atoms with van der Waals surface area (Å²) < 4.78 is 33.1. The zero-order chi connectivity index (χ0) is 24.3. The van der Waals surface area contributed by atoms with E-state index >= 15 is 0 Å². The van der Waals surface area contributed by atoms with Crippen LogP contribution in [0.1, 0.15) is 44.9 Å². The van der Waals surface area contributed by atoms with E-state index in [0.29, 0.717) is 31.7 Å². The van der Waals surface area contributed by atoms with Crippen LogP contribution in [0, 0.1) is 11.8 Å². The molecule has 0 spiro atoms. The minimum Gasteiger partial charge on any atom is -0.495 e. The molecule has 1 aromatic carbocycles. The molecule has 0 aromatic heterocycles. The molecule has 34 heavy (non-hydrogen) atoms. The molecule has 0 unspecified atom stereocenters. The first kappa shape index (κ1) is 24.4. The van der Waals surface area contributed by atoms with Crippen molar-refractivity contribution in [3.8, 4) is 5.75 Å². The van der Waals surface area contributed by atoms with Crippen LogP contribution < -0.4 is 10.1 Å². The molecule has 2 heterocycles. The van der Waals surface area contributed by atoms with E-state index in [1.807, 2.05) is 12.2 Å². The van der Waals surface area contributed by atoms with Crippen molar-refractivity contribution in [1.82, 2.24) is 9.21 Å². The first-order chi connectivity index (χ1) is 16.3. The fourth-order valence-corrected chi connectivity index (χ4v) is 6.44. The van der Waals surface area contributed by atoms with Gasteiger partial charge in [-0.1, -0.05) is 25.0 Å². The standard InChI is InChI=1S/C24H31N3O6S/c1-33-21-11-10-17(34(31,32)26-13-6-2-3-7-14-26)16-20(21)25-22(28)12-15-27-23(29)18-8-4-5-9-19(18)24(27)30/h4-5,10-11,16,18-19H,2-3,6-9,12-15H2,1H3,(H,25,28)/t18-,19-/m0/s1. The second-order valence-electron chi connectivity index (χ2n) is 8.96. The number of rotatable bonds is 7. The van der Waals surface area contributed by atoms with Gasteiger partial charge >= 0.3 is 0 Å². The number of hydrogen-bond donors (Lipinski definition) is 1. The number of methoxy groups -OCH3 is 1. The lowest BCUT2D eigenvalue weighted by atomic mass is 9.85. The molecule has 4 rings (SSSR count). The molecule has 10 heteroatoms. The average molecular weight is 490 g/mol. The van der Waals surface area contributed by atoms with Crippen LogP contribution in [0.15, 0.2) is 35.2 Å². The number of likely N-dealkylation sites (tertiary alicyclic amines) is 1. The molecule has 184 valence electrons. The van der Waals surface area contributed by atoms with Gasteiger partial charge in [-0.2, -0.15) is 4.31 Å². The van der Waals surface area contributed by atoms with Crippen LogP contribution >= 0.6 is 0 Å². The van der Waals surface area contributed by atoms with Gasteiger partial charge in [0.1, 0.15) is 5.75 Å².